The van der Waals surface area contributed by atoms with Crippen LogP contribution in [0.15, 0.2) is 0 Å². The molecule has 20 heavy (non-hydrogen) atoms. The molecular formula is C14H29N3O2S. The van der Waals surface area contributed by atoms with Crippen molar-refractivity contribution in [3.63, 3.8) is 0 Å². The maximum Gasteiger partial charge on any atom is 0.214 e. The number of sulfonamides is 1. The monoisotopic (exact) mass is 303 g/mol. The Labute approximate surface area is 123 Å². The van der Waals surface area contributed by atoms with Crippen LogP contribution in [-0.2, 0) is 10.0 Å². The molecule has 0 aromatic heterocycles. The molecule has 1 aliphatic heterocycles. The van der Waals surface area contributed by atoms with E-state index in [4.69, 9.17) is 5.73 Å². The highest BCUT2D eigenvalue weighted by Crippen LogP contribution is 2.31. The predicted molar refractivity (Wildman–Crippen MR) is 82.0 cm³/mol. The maximum absolute atomic E-state index is 12.3. The lowest BCUT2D eigenvalue weighted by Gasteiger charge is -2.29. The van der Waals surface area contributed by atoms with Crippen molar-refractivity contribution in [1.29, 1.82) is 0 Å². The van der Waals surface area contributed by atoms with Crippen LogP contribution < -0.4 is 5.73 Å². The summed E-state index contributed by atoms with van der Waals surface area (Å²) in [6.45, 7) is 6.07. The van der Waals surface area contributed by atoms with Gasteiger partial charge in [-0.2, -0.15) is 0 Å². The number of nitrogens with zero attached hydrogens (tertiary/aromatic N) is 2. The molecule has 2 aliphatic rings. The molecule has 1 saturated heterocycles. The summed E-state index contributed by atoms with van der Waals surface area (Å²) in [6.07, 6.45) is 5.21. The zero-order chi connectivity index (χ0) is 14.6. The van der Waals surface area contributed by atoms with Crippen LogP contribution >= 0.6 is 0 Å². The van der Waals surface area contributed by atoms with Gasteiger partial charge in [0.25, 0.3) is 0 Å². The van der Waals surface area contributed by atoms with Gasteiger partial charge in [0.2, 0.25) is 10.0 Å². The van der Waals surface area contributed by atoms with Crippen LogP contribution in [0.25, 0.3) is 0 Å². The van der Waals surface area contributed by atoms with Gasteiger partial charge < -0.3 is 5.73 Å². The van der Waals surface area contributed by atoms with E-state index in [1.54, 1.807) is 4.31 Å². The Kier molecular flexibility index (Phi) is 5.84. The minimum atomic E-state index is -3.03. The van der Waals surface area contributed by atoms with E-state index in [-0.39, 0.29) is 0 Å². The second-order valence-corrected chi connectivity index (χ2v) is 8.16. The van der Waals surface area contributed by atoms with Gasteiger partial charge in [0.05, 0.1) is 5.75 Å². The largest absolute Gasteiger partial charge is 0.330 e. The van der Waals surface area contributed by atoms with Gasteiger partial charge in [0.15, 0.2) is 0 Å². The number of rotatable bonds is 7. The number of hydrogen-bond donors (Lipinski definition) is 1. The molecule has 0 spiro atoms. The van der Waals surface area contributed by atoms with Crippen LogP contribution in [0.4, 0.5) is 0 Å². The van der Waals surface area contributed by atoms with E-state index < -0.39 is 10.0 Å². The summed E-state index contributed by atoms with van der Waals surface area (Å²) in [7, 11) is -3.03. The van der Waals surface area contributed by atoms with Gasteiger partial charge in [0, 0.05) is 25.7 Å². The Hall–Kier alpha value is -0.170. The van der Waals surface area contributed by atoms with Crippen molar-refractivity contribution in [2.45, 2.75) is 45.1 Å². The molecule has 1 saturated carbocycles. The first kappa shape index (κ1) is 16.2. The van der Waals surface area contributed by atoms with E-state index in [1.165, 1.54) is 0 Å². The van der Waals surface area contributed by atoms with E-state index >= 15 is 0 Å². The van der Waals surface area contributed by atoms with Gasteiger partial charge in [-0.25, -0.2) is 12.7 Å². The molecule has 2 N–H and O–H groups in total. The molecule has 0 aromatic rings. The maximum atomic E-state index is 12.3. The summed E-state index contributed by atoms with van der Waals surface area (Å²) >= 11 is 0. The topological polar surface area (TPSA) is 66.6 Å². The third-order valence-corrected chi connectivity index (χ3v) is 6.56. The minimum absolute atomic E-state index is 0.368. The molecule has 6 heteroatoms. The smallest absolute Gasteiger partial charge is 0.214 e. The van der Waals surface area contributed by atoms with E-state index in [9.17, 15) is 8.42 Å². The number of hydrogen-bond acceptors (Lipinski definition) is 4. The zero-order valence-electron chi connectivity index (χ0n) is 12.6. The van der Waals surface area contributed by atoms with Gasteiger partial charge in [0.1, 0.15) is 0 Å². The first-order valence-electron chi connectivity index (χ1n) is 7.98. The molecule has 118 valence electrons. The van der Waals surface area contributed by atoms with Gasteiger partial charge in [-0.1, -0.05) is 6.92 Å². The first-order valence-corrected chi connectivity index (χ1v) is 9.59. The van der Waals surface area contributed by atoms with Crippen molar-refractivity contribution in [3.05, 3.63) is 0 Å². The Morgan fingerprint density at radius 2 is 1.95 bits per heavy atom. The zero-order valence-corrected chi connectivity index (χ0v) is 13.4. The first-order chi connectivity index (χ1) is 9.56. The normalized spacial score (nSPS) is 24.5. The Balaban J connectivity index is 1.90. The fourth-order valence-corrected chi connectivity index (χ4v) is 4.99. The highest BCUT2D eigenvalue weighted by Gasteiger charge is 2.33. The Morgan fingerprint density at radius 3 is 2.55 bits per heavy atom. The molecule has 0 radical (unpaired) electrons. The molecule has 1 aliphatic carbocycles. The van der Waals surface area contributed by atoms with Gasteiger partial charge in [-0.3, -0.25) is 4.90 Å². The summed E-state index contributed by atoms with van der Waals surface area (Å²) in [4.78, 5) is 2.43. The van der Waals surface area contributed by atoms with Crippen molar-refractivity contribution in [2.24, 2.45) is 11.7 Å². The third-order valence-electron chi connectivity index (χ3n) is 4.51. The van der Waals surface area contributed by atoms with Crippen molar-refractivity contribution >= 4 is 10.0 Å². The van der Waals surface area contributed by atoms with Gasteiger partial charge in [-0.05, 0) is 51.1 Å². The molecule has 0 bridgehead atoms. The second kappa shape index (κ2) is 7.20. The SMILES string of the molecule is CCC(CCN)N1CCCN(S(=O)(=O)CC2CC2)CC1. The van der Waals surface area contributed by atoms with E-state index in [0.717, 1.165) is 45.2 Å². The standard InChI is InChI=1S/C14H29N3O2S/c1-2-14(6-7-15)16-8-3-9-17(11-10-16)20(18,19)12-13-4-5-13/h13-14H,2-12,15H2,1H3. The molecule has 5 nitrogen and oxygen atoms in total. The van der Waals surface area contributed by atoms with Crippen LogP contribution in [0.5, 0.6) is 0 Å². The summed E-state index contributed by atoms with van der Waals surface area (Å²) < 4.78 is 26.4. The lowest BCUT2D eigenvalue weighted by Crippen LogP contribution is -2.40. The Bertz CT molecular complexity index is 395. The summed E-state index contributed by atoms with van der Waals surface area (Å²) in [5, 5.41) is 0. The lowest BCUT2D eigenvalue weighted by atomic mass is 10.1. The van der Waals surface area contributed by atoms with Gasteiger partial charge >= 0.3 is 0 Å². The van der Waals surface area contributed by atoms with E-state index in [0.29, 0.717) is 37.3 Å². The van der Waals surface area contributed by atoms with Crippen LogP contribution in [0, 0.1) is 5.92 Å². The Morgan fingerprint density at radius 1 is 1.20 bits per heavy atom. The molecule has 0 amide bonds. The molecule has 0 aromatic carbocycles. The average Bonchev–Trinajstić information content (AvgIpc) is 3.21. The van der Waals surface area contributed by atoms with Crippen LogP contribution in [0.2, 0.25) is 0 Å². The fraction of sp³-hybridized carbons (Fsp3) is 1.00. The summed E-state index contributed by atoms with van der Waals surface area (Å²) in [5.41, 5.74) is 5.68. The van der Waals surface area contributed by atoms with Crippen molar-refractivity contribution in [2.75, 3.05) is 38.5 Å². The average molecular weight is 303 g/mol. The van der Waals surface area contributed by atoms with Crippen molar-refractivity contribution < 1.29 is 8.42 Å². The van der Waals surface area contributed by atoms with Gasteiger partial charge in [-0.15, -0.1) is 0 Å². The minimum Gasteiger partial charge on any atom is -0.330 e. The second-order valence-electron chi connectivity index (χ2n) is 6.15. The lowest BCUT2D eigenvalue weighted by molar-refractivity contribution is 0.192. The summed E-state index contributed by atoms with van der Waals surface area (Å²) in [5.74, 6) is 0.799. The quantitative estimate of drug-likeness (QED) is 0.757. The molecule has 2 rings (SSSR count). The van der Waals surface area contributed by atoms with Crippen LogP contribution in [0.3, 0.4) is 0 Å². The van der Waals surface area contributed by atoms with Crippen molar-refractivity contribution in [1.82, 2.24) is 9.21 Å². The highest BCUT2D eigenvalue weighted by atomic mass is 32.2. The summed E-state index contributed by atoms with van der Waals surface area (Å²) in [6, 6.07) is 0.506. The molecular weight excluding hydrogens is 274 g/mol. The third kappa shape index (κ3) is 4.41. The highest BCUT2D eigenvalue weighted by molar-refractivity contribution is 7.89. The molecule has 2 fully saturated rings. The van der Waals surface area contributed by atoms with E-state index in [1.807, 2.05) is 0 Å². The fourth-order valence-electron chi connectivity index (χ4n) is 3.08. The van der Waals surface area contributed by atoms with Crippen LogP contribution in [-0.4, -0.2) is 62.1 Å². The van der Waals surface area contributed by atoms with Crippen molar-refractivity contribution in [3.8, 4) is 0 Å². The molecule has 1 atom stereocenters. The molecule has 1 heterocycles. The van der Waals surface area contributed by atoms with E-state index in [2.05, 4.69) is 11.8 Å². The predicted octanol–water partition coefficient (Wildman–Crippen LogP) is 0.861. The number of nitrogens with two attached hydrogens (primary N) is 1. The molecule has 1 unspecified atom stereocenters. The van der Waals surface area contributed by atoms with Crippen LogP contribution in [0.1, 0.15) is 39.0 Å².